The van der Waals surface area contributed by atoms with Crippen LogP contribution in [0, 0.1) is 0 Å². The molecule has 8 heteroatoms. The van der Waals surface area contributed by atoms with Gasteiger partial charge in [-0.3, -0.25) is 9.59 Å². The third-order valence-corrected chi connectivity index (χ3v) is 4.95. The number of hydrogen-bond donors (Lipinski definition) is 1. The monoisotopic (exact) mass is 411 g/mol. The molecule has 0 saturated carbocycles. The van der Waals surface area contributed by atoms with Gasteiger partial charge < -0.3 is 24.3 Å². The molecule has 1 N–H and O–H groups in total. The van der Waals surface area contributed by atoms with Crippen molar-refractivity contribution in [2.45, 2.75) is 38.3 Å². The summed E-state index contributed by atoms with van der Waals surface area (Å²) in [6, 6.07) is 5.94. The van der Waals surface area contributed by atoms with Gasteiger partial charge in [-0.2, -0.15) is 0 Å². The Balaban J connectivity index is 1.54. The SMILES string of the molecule is O=C(CCl)CCCNC(=O)CCc1ccc(C2OCCO2)c(C2OCCO2)c1. The number of rotatable bonds is 10. The van der Waals surface area contributed by atoms with E-state index in [4.69, 9.17) is 30.5 Å². The van der Waals surface area contributed by atoms with Crippen molar-refractivity contribution in [1.82, 2.24) is 5.32 Å². The summed E-state index contributed by atoms with van der Waals surface area (Å²) >= 11 is 5.45. The van der Waals surface area contributed by atoms with Gasteiger partial charge in [-0.25, -0.2) is 0 Å². The van der Waals surface area contributed by atoms with E-state index in [-0.39, 0.29) is 17.6 Å². The number of halogens is 1. The van der Waals surface area contributed by atoms with Crippen LogP contribution in [0.5, 0.6) is 0 Å². The van der Waals surface area contributed by atoms with Crippen LogP contribution in [0.25, 0.3) is 0 Å². The summed E-state index contributed by atoms with van der Waals surface area (Å²) in [6.07, 6.45) is 1.12. The molecule has 1 aromatic rings. The fourth-order valence-corrected chi connectivity index (χ4v) is 3.33. The minimum Gasteiger partial charge on any atom is -0.356 e. The van der Waals surface area contributed by atoms with Crippen LogP contribution in [0.15, 0.2) is 18.2 Å². The zero-order chi connectivity index (χ0) is 19.8. The highest BCUT2D eigenvalue weighted by Gasteiger charge is 2.28. The molecule has 2 aliphatic rings. The molecule has 0 radical (unpaired) electrons. The highest BCUT2D eigenvalue weighted by molar-refractivity contribution is 6.27. The molecule has 1 amide bonds. The average molecular weight is 412 g/mol. The van der Waals surface area contributed by atoms with Crippen molar-refractivity contribution < 1.29 is 28.5 Å². The lowest BCUT2D eigenvalue weighted by molar-refractivity contribution is -0.121. The summed E-state index contributed by atoms with van der Waals surface area (Å²) in [5.41, 5.74) is 2.81. The number of aryl methyl sites for hydroxylation is 1. The topological polar surface area (TPSA) is 83.1 Å². The van der Waals surface area contributed by atoms with Gasteiger partial charge in [0.2, 0.25) is 5.91 Å². The molecule has 154 valence electrons. The van der Waals surface area contributed by atoms with E-state index in [2.05, 4.69) is 5.32 Å². The molecule has 0 bridgehead atoms. The summed E-state index contributed by atoms with van der Waals surface area (Å²) < 4.78 is 22.6. The minimum absolute atomic E-state index is 0.00453. The Bertz CT molecular complexity index is 671. The van der Waals surface area contributed by atoms with Crippen molar-refractivity contribution >= 4 is 23.3 Å². The molecule has 0 unspecified atom stereocenters. The number of benzene rings is 1. The number of carbonyl (C=O) groups is 2. The Kier molecular flexibility index (Phi) is 8.24. The van der Waals surface area contributed by atoms with Gasteiger partial charge in [0.25, 0.3) is 0 Å². The molecule has 28 heavy (non-hydrogen) atoms. The summed E-state index contributed by atoms with van der Waals surface area (Å²) in [7, 11) is 0. The Labute approximate surface area is 169 Å². The van der Waals surface area contributed by atoms with Crippen molar-refractivity contribution in [1.29, 1.82) is 0 Å². The van der Waals surface area contributed by atoms with Gasteiger partial charge >= 0.3 is 0 Å². The number of ketones is 1. The molecule has 0 aliphatic carbocycles. The molecule has 2 aliphatic heterocycles. The van der Waals surface area contributed by atoms with Crippen LogP contribution in [0.2, 0.25) is 0 Å². The maximum atomic E-state index is 12.0. The van der Waals surface area contributed by atoms with E-state index >= 15 is 0 Å². The molecular formula is C20H26ClNO6. The normalized spacial score (nSPS) is 17.9. The molecule has 7 nitrogen and oxygen atoms in total. The highest BCUT2D eigenvalue weighted by Crippen LogP contribution is 2.34. The first kappa shape index (κ1) is 21.2. The molecule has 2 heterocycles. The average Bonchev–Trinajstić information content (AvgIpc) is 3.43. The number of Topliss-reactive ketones (excluding diaryl/α,β-unsaturated/α-hetero) is 1. The first-order chi connectivity index (χ1) is 13.7. The lowest BCUT2D eigenvalue weighted by Crippen LogP contribution is -2.25. The van der Waals surface area contributed by atoms with E-state index in [1.807, 2.05) is 18.2 Å². The summed E-state index contributed by atoms with van der Waals surface area (Å²) in [5, 5.41) is 2.83. The number of carbonyl (C=O) groups excluding carboxylic acids is 2. The summed E-state index contributed by atoms with van der Waals surface area (Å²) in [5.74, 6) is -0.0210. The largest absolute Gasteiger partial charge is 0.356 e. The second-order valence-electron chi connectivity index (χ2n) is 6.74. The van der Waals surface area contributed by atoms with E-state index in [1.165, 1.54) is 0 Å². The van der Waals surface area contributed by atoms with E-state index in [0.29, 0.717) is 58.7 Å². The third kappa shape index (κ3) is 5.99. The lowest BCUT2D eigenvalue weighted by Gasteiger charge is -2.19. The molecule has 0 atom stereocenters. The predicted octanol–water partition coefficient (Wildman–Crippen LogP) is 2.41. The van der Waals surface area contributed by atoms with Crippen LogP contribution in [0.3, 0.4) is 0 Å². The molecule has 2 fully saturated rings. The Morgan fingerprint density at radius 3 is 2.25 bits per heavy atom. The van der Waals surface area contributed by atoms with Crippen LogP contribution in [0.1, 0.15) is 48.5 Å². The van der Waals surface area contributed by atoms with Crippen LogP contribution in [-0.4, -0.2) is 50.5 Å². The van der Waals surface area contributed by atoms with E-state index < -0.39 is 12.6 Å². The Morgan fingerprint density at radius 2 is 1.61 bits per heavy atom. The first-order valence-corrected chi connectivity index (χ1v) is 10.1. The van der Waals surface area contributed by atoms with Gasteiger partial charge in [0.1, 0.15) is 5.78 Å². The van der Waals surface area contributed by atoms with Gasteiger partial charge in [0, 0.05) is 30.5 Å². The summed E-state index contributed by atoms with van der Waals surface area (Å²) in [4.78, 5) is 23.2. The quantitative estimate of drug-likeness (QED) is 0.470. The zero-order valence-corrected chi connectivity index (χ0v) is 16.5. The Hall–Kier alpha value is -1.51. The van der Waals surface area contributed by atoms with Crippen molar-refractivity contribution in [3.63, 3.8) is 0 Å². The maximum Gasteiger partial charge on any atom is 0.220 e. The minimum atomic E-state index is -0.434. The van der Waals surface area contributed by atoms with Gasteiger partial charge in [-0.05, 0) is 18.4 Å². The second-order valence-corrected chi connectivity index (χ2v) is 7.00. The van der Waals surface area contributed by atoms with Gasteiger partial charge in [0.05, 0.1) is 32.3 Å². The molecule has 0 aromatic heterocycles. The van der Waals surface area contributed by atoms with Crippen LogP contribution < -0.4 is 5.32 Å². The molecule has 2 saturated heterocycles. The first-order valence-electron chi connectivity index (χ1n) is 9.61. The number of amides is 1. The number of ether oxygens (including phenoxy) is 4. The van der Waals surface area contributed by atoms with Crippen molar-refractivity contribution in [3.8, 4) is 0 Å². The smallest absolute Gasteiger partial charge is 0.220 e. The van der Waals surface area contributed by atoms with Gasteiger partial charge in [-0.1, -0.05) is 18.2 Å². The predicted molar refractivity (Wildman–Crippen MR) is 102 cm³/mol. The van der Waals surface area contributed by atoms with Crippen LogP contribution in [-0.2, 0) is 35.0 Å². The lowest BCUT2D eigenvalue weighted by atomic mass is 10.00. The third-order valence-electron chi connectivity index (χ3n) is 4.65. The van der Waals surface area contributed by atoms with E-state index in [9.17, 15) is 9.59 Å². The van der Waals surface area contributed by atoms with Crippen molar-refractivity contribution in [2.24, 2.45) is 0 Å². The van der Waals surface area contributed by atoms with Crippen molar-refractivity contribution in [3.05, 3.63) is 34.9 Å². The number of alkyl halides is 1. The van der Waals surface area contributed by atoms with E-state index in [0.717, 1.165) is 16.7 Å². The van der Waals surface area contributed by atoms with Crippen LogP contribution in [0.4, 0.5) is 0 Å². The fourth-order valence-electron chi connectivity index (χ4n) is 3.20. The van der Waals surface area contributed by atoms with Gasteiger partial charge in [-0.15, -0.1) is 11.6 Å². The molecular weight excluding hydrogens is 386 g/mol. The standard InChI is InChI=1S/C20H26ClNO6/c21-13-15(23)2-1-7-22-18(24)6-4-14-3-5-16(19-25-8-9-26-19)17(12-14)20-27-10-11-28-20/h3,5,12,19-20H,1-2,4,6-11,13H2,(H,22,24). The highest BCUT2D eigenvalue weighted by atomic mass is 35.5. The Morgan fingerprint density at radius 1 is 0.964 bits per heavy atom. The fraction of sp³-hybridized carbons (Fsp3) is 0.600. The molecule has 3 rings (SSSR count). The van der Waals surface area contributed by atoms with E-state index in [1.54, 1.807) is 0 Å². The zero-order valence-electron chi connectivity index (χ0n) is 15.8. The summed E-state index contributed by atoms with van der Waals surface area (Å²) in [6.45, 7) is 2.71. The number of hydrogen-bond acceptors (Lipinski definition) is 6. The van der Waals surface area contributed by atoms with Crippen LogP contribution >= 0.6 is 11.6 Å². The number of nitrogens with one attached hydrogen (secondary N) is 1. The second kappa shape index (κ2) is 10.9. The molecule has 0 spiro atoms. The molecule has 1 aromatic carbocycles. The van der Waals surface area contributed by atoms with Crippen molar-refractivity contribution in [2.75, 3.05) is 38.9 Å². The van der Waals surface area contributed by atoms with Gasteiger partial charge in [0.15, 0.2) is 12.6 Å². The maximum absolute atomic E-state index is 12.0.